The Labute approximate surface area is 204 Å². The van der Waals surface area contributed by atoms with Crippen LogP contribution < -0.4 is 10.6 Å². The number of amides is 3. The highest BCUT2D eigenvalue weighted by atomic mass is 16.4. The third kappa shape index (κ3) is 7.84. The number of carbonyl (C=O) groups excluding carboxylic acids is 3. The second-order valence-electron chi connectivity index (χ2n) is 8.60. The van der Waals surface area contributed by atoms with Crippen LogP contribution in [0.15, 0.2) is 54.6 Å². The summed E-state index contributed by atoms with van der Waals surface area (Å²) in [4.78, 5) is 51.0. The van der Waals surface area contributed by atoms with Crippen molar-refractivity contribution in [2.45, 2.75) is 50.6 Å². The van der Waals surface area contributed by atoms with Crippen LogP contribution in [-0.2, 0) is 32.0 Å². The molecule has 4 N–H and O–H groups in total. The number of nitrogens with zero attached hydrogens (tertiary/aromatic N) is 1. The largest absolute Gasteiger partial charge is 0.508 e. The van der Waals surface area contributed by atoms with Crippen molar-refractivity contribution < 1.29 is 29.4 Å². The minimum atomic E-state index is -1.09. The first-order chi connectivity index (χ1) is 16.8. The van der Waals surface area contributed by atoms with Crippen LogP contribution in [0.1, 0.15) is 36.8 Å². The maximum Gasteiger partial charge on any atom is 0.303 e. The molecule has 0 unspecified atom stereocenters. The third-order valence-corrected chi connectivity index (χ3v) is 5.97. The van der Waals surface area contributed by atoms with Crippen molar-refractivity contribution in [2.24, 2.45) is 0 Å². The summed E-state index contributed by atoms with van der Waals surface area (Å²) in [6, 6.07) is 14.4. The van der Waals surface area contributed by atoms with Crippen LogP contribution in [0, 0.1) is 0 Å². The first-order valence-electron chi connectivity index (χ1n) is 11.7. The van der Waals surface area contributed by atoms with E-state index in [0.717, 1.165) is 11.1 Å². The lowest BCUT2D eigenvalue weighted by Gasteiger charge is -2.29. The van der Waals surface area contributed by atoms with Crippen molar-refractivity contribution in [3.8, 4) is 5.75 Å². The molecule has 1 saturated heterocycles. The predicted molar refractivity (Wildman–Crippen MR) is 129 cm³/mol. The van der Waals surface area contributed by atoms with Crippen molar-refractivity contribution >= 4 is 23.7 Å². The number of carboxylic acids is 1. The van der Waals surface area contributed by atoms with Crippen molar-refractivity contribution in [3.63, 3.8) is 0 Å². The van der Waals surface area contributed by atoms with Gasteiger partial charge in [-0.2, -0.15) is 0 Å². The molecule has 2 aromatic rings. The molecule has 35 heavy (non-hydrogen) atoms. The Hall–Kier alpha value is -3.88. The molecule has 0 aromatic heterocycles. The number of carboxylic acid groups (broad SMARTS) is 1. The lowest BCUT2D eigenvalue weighted by Crippen LogP contribution is -2.54. The molecule has 1 fully saturated rings. The van der Waals surface area contributed by atoms with Crippen LogP contribution >= 0.6 is 0 Å². The van der Waals surface area contributed by atoms with E-state index in [-0.39, 0.29) is 36.8 Å². The topological polar surface area (TPSA) is 136 Å². The Bertz CT molecular complexity index is 1030. The number of carbonyl (C=O) groups is 4. The Kier molecular flexibility index (Phi) is 9.23. The number of aromatic hydroxyl groups is 1. The Morgan fingerprint density at radius 1 is 0.971 bits per heavy atom. The van der Waals surface area contributed by atoms with E-state index in [1.807, 2.05) is 30.3 Å². The highest BCUT2D eigenvalue weighted by molar-refractivity contribution is 5.93. The molecule has 3 amide bonds. The van der Waals surface area contributed by atoms with E-state index in [0.29, 0.717) is 32.4 Å². The van der Waals surface area contributed by atoms with Gasteiger partial charge >= 0.3 is 5.97 Å². The molecule has 9 nitrogen and oxygen atoms in total. The summed E-state index contributed by atoms with van der Waals surface area (Å²) in [6.07, 6.45) is 1.48. The SMILES string of the molecule is O=C(O)CCC(=O)N[C@@H](Cc1ccccc1)C(=O)N1CCC[C@H]1C(=O)NCCc1ccc(O)cc1. The Morgan fingerprint density at radius 2 is 1.69 bits per heavy atom. The number of hydrogen-bond acceptors (Lipinski definition) is 5. The maximum absolute atomic E-state index is 13.5. The highest BCUT2D eigenvalue weighted by Crippen LogP contribution is 2.20. The molecule has 186 valence electrons. The fourth-order valence-electron chi connectivity index (χ4n) is 4.15. The minimum absolute atomic E-state index is 0.179. The average molecular weight is 482 g/mol. The number of phenols is 1. The number of aliphatic carboxylic acids is 1. The van der Waals surface area contributed by atoms with E-state index >= 15 is 0 Å². The van der Waals surface area contributed by atoms with Gasteiger partial charge in [0.1, 0.15) is 17.8 Å². The monoisotopic (exact) mass is 481 g/mol. The van der Waals surface area contributed by atoms with Gasteiger partial charge in [0.2, 0.25) is 17.7 Å². The van der Waals surface area contributed by atoms with Crippen molar-refractivity contribution in [3.05, 3.63) is 65.7 Å². The summed E-state index contributed by atoms with van der Waals surface area (Å²) < 4.78 is 0. The van der Waals surface area contributed by atoms with Crippen LogP contribution in [0.2, 0.25) is 0 Å². The van der Waals surface area contributed by atoms with E-state index in [4.69, 9.17) is 5.11 Å². The molecular formula is C26H31N3O6. The van der Waals surface area contributed by atoms with E-state index < -0.39 is 24.0 Å². The summed E-state index contributed by atoms with van der Waals surface area (Å²) in [5.41, 5.74) is 1.81. The van der Waals surface area contributed by atoms with E-state index in [9.17, 15) is 24.3 Å². The minimum Gasteiger partial charge on any atom is -0.508 e. The second-order valence-corrected chi connectivity index (χ2v) is 8.60. The normalized spacial score (nSPS) is 15.9. The zero-order valence-corrected chi connectivity index (χ0v) is 19.5. The fourth-order valence-corrected chi connectivity index (χ4v) is 4.15. The van der Waals surface area contributed by atoms with Gasteiger partial charge in [-0.3, -0.25) is 19.2 Å². The number of hydrogen-bond donors (Lipinski definition) is 4. The Balaban J connectivity index is 1.63. The van der Waals surface area contributed by atoms with Gasteiger partial charge in [0, 0.05) is 25.9 Å². The summed E-state index contributed by atoms with van der Waals surface area (Å²) in [5, 5.41) is 23.8. The zero-order valence-electron chi connectivity index (χ0n) is 19.5. The van der Waals surface area contributed by atoms with Gasteiger partial charge in [-0.05, 0) is 42.5 Å². The van der Waals surface area contributed by atoms with Gasteiger partial charge in [-0.1, -0.05) is 42.5 Å². The van der Waals surface area contributed by atoms with Gasteiger partial charge in [0.15, 0.2) is 0 Å². The summed E-state index contributed by atoms with van der Waals surface area (Å²) in [7, 11) is 0. The van der Waals surface area contributed by atoms with Crippen LogP contribution in [0.5, 0.6) is 5.75 Å². The van der Waals surface area contributed by atoms with Gasteiger partial charge in [-0.15, -0.1) is 0 Å². The number of likely N-dealkylation sites (tertiary alicyclic amines) is 1. The molecule has 1 aliphatic rings. The quantitative estimate of drug-likeness (QED) is 0.385. The van der Waals surface area contributed by atoms with E-state index in [2.05, 4.69) is 10.6 Å². The first kappa shape index (κ1) is 25.7. The fraction of sp³-hybridized carbons (Fsp3) is 0.385. The second kappa shape index (κ2) is 12.5. The van der Waals surface area contributed by atoms with Crippen molar-refractivity contribution in [1.29, 1.82) is 0 Å². The molecule has 1 heterocycles. The standard InChI is InChI=1S/C26H31N3O6/c30-20-10-8-18(9-11-20)14-15-27-25(34)22-7-4-16-29(22)26(35)21(17-19-5-2-1-3-6-19)28-23(31)12-13-24(32)33/h1-3,5-6,8-11,21-22,30H,4,7,12-17H2,(H,27,34)(H,28,31)(H,32,33)/t21-,22-/m0/s1. The molecule has 9 heteroatoms. The molecule has 0 aliphatic carbocycles. The molecule has 0 spiro atoms. The summed E-state index contributed by atoms with van der Waals surface area (Å²) >= 11 is 0. The highest BCUT2D eigenvalue weighted by Gasteiger charge is 2.37. The molecule has 1 aliphatic heterocycles. The Morgan fingerprint density at radius 3 is 2.37 bits per heavy atom. The first-order valence-corrected chi connectivity index (χ1v) is 11.7. The summed E-state index contributed by atoms with van der Waals surface area (Å²) in [5.74, 6) is -2.03. The third-order valence-electron chi connectivity index (χ3n) is 5.97. The van der Waals surface area contributed by atoms with Crippen LogP contribution in [0.3, 0.4) is 0 Å². The van der Waals surface area contributed by atoms with Gasteiger partial charge < -0.3 is 25.7 Å². The molecule has 0 bridgehead atoms. The zero-order chi connectivity index (χ0) is 25.2. The molecule has 0 saturated carbocycles. The number of rotatable bonds is 11. The number of benzene rings is 2. The van der Waals surface area contributed by atoms with Crippen molar-refractivity contribution in [2.75, 3.05) is 13.1 Å². The van der Waals surface area contributed by atoms with Crippen LogP contribution in [0.25, 0.3) is 0 Å². The predicted octanol–water partition coefficient (Wildman–Crippen LogP) is 1.63. The number of nitrogens with one attached hydrogen (secondary N) is 2. The van der Waals surface area contributed by atoms with E-state index in [1.165, 1.54) is 4.90 Å². The average Bonchev–Trinajstić information content (AvgIpc) is 3.34. The lowest BCUT2D eigenvalue weighted by atomic mass is 10.0. The smallest absolute Gasteiger partial charge is 0.303 e. The maximum atomic E-state index is 13.5. The van der Waals surface area contributed by atoms with Gasteiger partial charge in [0.25, 0.3) is 0 Å². The summed E-state index contributed by atoms with van der Waals surface area (Å²) in [6.45, 7) is 0.798. The molecule has 2 atom stereocenters. The van der Waals surface area contributed by atoms with Gasteiger partial charge in [0.05, 0.1) is 6.42 Å². The van der Waals surface area contributed by atoms with Crippen molar-refractivity contribution in [1.82, 2.24) is 15.5 Å². The van der Waals surface area contributed by atoms with Crippen LogP contribution in [-0.4, -0.2) is 64.0 Å². The molecule has 3 rings (SSSR count). The lowest BCUT2D eigenvalue weighted by molar-refractivity contribution is -0.142. The molecule has 0 radical (unpaired) electrons. The number of phenolic OH excluding ortho intramolecular Hbond substituents is 1. The van der Waals surface area contributed by atoms with Crippen LogP contribution in [0.4, 0.5) is 0 Å². The molecular weight excluding hydrogens is 450 g/mol. The molecule has 2 aromatic carbocycles. The van der Waals surface area contributed by atoms with E-state index in [1.54, 1.807) is 24.3 Å². The van der Waals surface area contributed by atoms with Gasteiger partial charge in [-0.25, -0.2) is 0 Å².